The van der Waals surface area contributed by atoms with Crippen LogP contribution in [-0.2, 0) is 10.8 Å². The summed E-state index contributed by atoms with van der Waals surface area (Å²) >= 11 is 12.9. The summed E-state index contributed by atoms with van der Waals surface area (Å²) in [6.07, 6.45) is 4.15. The average molecular weight is 456 g/mol. The maximum atomic E-state index is 11.8. The Hall–Kier alpha value is -2.49. The van der Waals surface area contributed by atoms with Crippen molar-refractivity contribution < 1.29 is 13.7 Å². The van der Waals surface area contributed by atoms with Gasteiger partial charge in [0.15, 0.2) is 5.84 Å². The Morgan fingerprint density at radius 2 is 1.83 bits per heavy atom. The van der Waals surface area contributed by atoms with E-state index in [0.717, 1.165) is 0 Å². The number of hydrogen-bond acceptors (Lipinski definition) is 7. The summed E-state index contributed by atoms with van der Waals surface area (Å²) in [7, 11) is 3.23. The molecule has 154 valence electrons. The molecule has 1 aromatic carbocycles. The minimum Gasteiger partial charge on any atom is -0.495 e. The second-order valence-corrected chi connectivity index (χ2v) is 7.42. The smallest absolute Gasteiger partial charge is 0.158 e. The lowest BCUT2D eigenvalue weighted by molar-refractivity contribution is 0.395. The Kier molecular flexibility index (Phi) is 8.12. The minimum absolute atomic E-state index is 0.226. The number of halogens is 2. The van der Waals surface area contributed by atoms with Crippen molar-refractivity contribution in [3.05, 3.63) is 47.0 Å². The first kappa shape index (κ1) is 22.8. The second kappa shape index (κ2) is 10.3. The van der Waals surface area contributed by atoms with E-state index in [1.807, 2.05) is 0 Å². The Morgan fingerprint density at radius 3 is 2.31 bits per heavy atom. The molecule has 0 aliphatic rings. The predicted molar refractivity (Wildman–Crippen MR) is 118 cm³/mol. The molecule has 1 N–H and O–H groups in total. The summed E-state index contributed by atoms with van der Waals surface area (Å²) in [5.74, 6) is 0.969. The molecule has 11 heteroatoms. The van der Waals surface area contributed by atoms with E-state index in [2.05, 4.69) is 31.8 Å². The van der Waals surface area contributed by atoms with E-state index in [1.165, 1.54) is 33.0 Å². The number of hydrogen-bond donors (Lipinski definition) is 1. The zero-order chi connectivity index (χ0) is 21.6. The number of methoxy groups -OCH3 is 2. The number of anilines is 1. The molecule has 8 nitrogen and oxygen atoms in total. The van der Waals surface area contributed by atoms with Crippen molar-refractivity contribution in [2.45, 2.75) is 5.03 Å². The lowest BCUT2D eigenvalue weighted by atomic mass is 10.2. The molecule has 0 aliphatic carbocycles. The van der Waals surface area contributed by atoms with Gasteiger partial charge in [-0.3, -0.25) is 9.20 Å². The number of aromatic nitrogens is 2. The monoisotopic (exact) mass is 455 g/mol. The molecule has 0 aliphatic heterocycles. The maximum Gasteiger partial charge on any atom is 0.158 e. The normalized spacial score (nSPS) is 13.0. The van der Waals surface area contributed by atoms with Gasteiger partial charge in [0.05, 0.1) is 36.4 Å². The van der Waals surface area contributed by atoms with Gasteiger partial charge in [0.2, 0.25) is 0 Å². The molecular weight excluding hydrogens is 437 g/mol. The van der Waals surface area contributed by atoms with E-state index in [-0.39, 0.29) is 15.9 Å². The summed E-state index contributed by atoms with van der Waals surface area (Å²) < 4.78 is 22.3. The Bertz CT molecular complexity index is 983. The number of nitrogens with one attached hydrogen (secondary N) is 1. The molecule has 0 radical (unpaired) electrons. The van der Waals surface area contributed by atoms with E-state index in [9.17, 15) is 4.21 Å². The van der Waals surface area contributed by atoms with Gasteiger partial charge < -0.3 is 14.8 Å². The molecule has 0 saturated carbocycles. The Balaban J connectivity index is 2.59. The van der Waals surface area contributed by atoms with Gasteiger partial charge in [-0.1, -0.05) is 29.8 Å². The van der Waals surface area contributed by atoms with Crippen LogP contribution < -0.4 is 14.8 Å². The van der Waals surface area contributed by atoms with E-state index < -0.39 is 10.8 Å². The van der Waals surface area contributed by atoms with Crippen LogP contribution in [0.3, 0.4) is 0 Å². The van der Waals surface area contributed by atoms with Crippen molar-refractivity contribution in [3.63, 3.8) is 0 Å². The number of benzene rings is 1. The van der Waals surface area contributed by atoms with Crippen LogP contribution in [-0.4, -0.2) is 53.2 Å². The van der Waals surface area contributed by atoms with E-state index in [0.29, 0.717) is 33.6 Å². The number of amidine groups is 1. The Labute approximate surface area is 181 Å². The van der Waals surface area contributed by atoms with Crippen LogP contribution in [0.15, 0.2) is 46.2 Å². The molecule has 0 spiro atoms. The molecule has 1 aromatic heterocycles. The van der Waals surface area contributed by atoms with E-state index in [1.54, 1.807) is 19.2 Å². The fraction of sp³-hybridized carbons (Fsp3) is 0.222. The number of nitrogens with zero attached hydrogens (tertiary/aromatic N) is 4. The zero-order valence-electron chi connectivity index (χ0n) is 16.2. The topological polar surface area (TPSA) is 98.1 Å². The molecule has 0 amide bonds. The largest absolute Gasteiger partial charge is 0.495 e. The first-order valence-corrected chi connectivity index (χ1v) is 10.4. The molecule has 0 saturated heterocycles. The number of aliphatic imine (C=N–C) groups is 2. The van der Waals surface area contributed by atoms with Gasteiger partial charge in [0.25, 0.3) is 0 Å². The molecule has 0 fully saturated rings. The van der Waals surface area contributed by atoms with Crippen molar-refractivity contribution in [2.75, 3.05) is 32.8 Å². The molecule has 2 aromatic rings. The fourth-order valence-electron chi connectivity index (χ4n) is 2.33. The lowest BCUT2D eigenvalue weighted by Gasteiger charge is -2.17. The maximum absolute atomic E-state index is 11.8. The summed E-state index contributed by atoms with van der Waals surface area (Å²) in [5, 5.41) is 3.86. The highest BCUT2D eigenvalue weighted by atomic mass is 35.5. The molecule has 1 unspecified atom stereocenters. The highest BCUT2D eigenvalue weighted by molar-refractivity contribution is 7.84. The van der Waals surface area contributed by atoms with E-state index >= 15 is 0 Å². The molecule has 29 heavy (non-hydrogen) atoms. The zero-order valence-corrected chi connectivity index (χ0v) is 18.5. The average Bonchev–Trinajstić information content (AvgIpc) is 2.72. The lowest BCUT2D eigenvalue weighted by Crippen LogP contribution is -2.26. The number of rotatable bonds is 7. The van der Waals surface area contributed by atoms with Gasteiger partial charge in [-0.25, -0.2) is 15.0 Å². The third-order valence-electron chi connectivity index (χ3n) is 3.66. The SMILES string of the molecule is C=CN=C(Nc1c(Cl)c(OC)cc(OC)c1Cl)C(=NC)c1cc(S(C)=O)ncn1. The molecule has 0 bridgehead atoms. The first-order valence-electron chi connectivity index (χ1n) is 8.06. The van der Waals surface area contributed by atoms with Crippen LogP contribution in [0.1, 0.15) is 5.69 Å². The van der Waals surface area contributed by atoms with Crippen LogP contribution in [0, 0.1) is 0 Å². The Morgan fingerprint density at radius 1 is 1.21 bits per heavy atom. The van der Waals surface area contributed by atoms with Gasteiger partial charge >= 0.3 is 0 Å². The molecule has 2 rings (SSSR count). The van der Waals surface area contributed by atoms with Gasteiger partial charge in [0.1, 0.15) is 38.6 Å². The van der Waals surface area contributed by atoms with Gasteiger partial charge in [0, 0.05) is 31.6 Å². The summed E-state index contributed by atoms with van der Waals surface area (Å²) in [6, 6.07) is 3.14. The third-order valence-corrected chi connectivity index (χ3v) is 5.23. The van der Waals surface area contributed by atoms with Crippen LogP contribution >= 0.6 is 23.2 Å². The molecular formula is C18H19Cl2N5O3S. The summed E-state index contributed by atoms with van der Waals surface area (Å²) in [5.41, 5.74) is 1.07. The summed E-state index contributed by atoms with van der Waals surface area (Å²) in [4.78, 5) is 16.7. The van der Waals surface area contributed by atoms with Crippen molar-refractivity contribution in [1.29, 1.82) is 0 Å². The van der Waals surface area contributed by atoms with Gasteiger partial charge in [-0.2, -0.15) is 0 Å². The first-order chi connectivity index (χ1) is 13.9. The van der Waals surface area contributed by atoms with Crippen molar-refractivity contribution in [2.24, 2.45) is 9.98 Å². The highest BCUT2D eigenvalue weighted by Crippen LogP contribution is 2.44. The summed E-state index contributed by atoms with van der Waals surface area (Å²) in [6.45, 7) is 3.63. The van der Waals surface area contributed by atoms with Crippen LogP contribution in [0.2, 0.25) is 10.0 Å². The highest BCUT2D eigenvalue weighted by Gasteiger charge is 2.21. The minimum atomic E-state index is -1.29. The number of ether oxygens (including phenoxy) is 2. The predicted octanol–water partition coefficient (Wildman–Crippen LogP) is 3.61. The second-order valence-electron chi connectivity index (χ2n) is 5.34. The van der Waals surface area contributed by atoms with Crippen LogP contribution in [0.4, 0.5) is 5.69 Å². The van der Waals surface area contributed by atoms with Crippen molar-refractivity contribution in [3.8, 4) is 11.5 Å². The molecule has 1 atom stereocenters. The third kappa shape index (κ3) is 5.11. The quantitative estimate of drug-likeness (QED) is 0.388. The van der Waals surface area contributed by atoms with Gasteiger partial charge in [-0.15, -0.1) is 0 Å². The van der Waals surface area contributed by atoms with E-state index in [4.69, 9.17) is 32.7 Å². The standard InChI is InChI=1S/C18H19Cl2N5O3S/c1-6-22-18(16(21-2)10-7-13(29(5)26)24-9-23-10)25-17-14(19)11(27-3)8-12(28-4)15(17)20/h6-9H,1H2,2-5H3,(H,22,25). The molecule has 1 heterocycles. The van der Waals surface area contributed by atoms with Crippen LogP contribution in [0.25, 0.3) is 0 Å². The fourth-order valence-corrected chi connectivity index (χ4v) is 3.39. The van der Waals surface area contributed by atoms with Crippen LogP contribution in [0.5, 0.6) is 11.5 Å². The van der Waals surface area contributed by atoms with Gasteiger partial charge in [-0.05, 0) is 0 Å². The van der Waals surface area contributed by atoms with Crippen molar-refractivity contribution in [1.82, 2.24) is 9.97 Å². The van der Waals surface area contributed by atoms with Crippen molar-refractivity contribution >= 4 is 51.2 Å².